The highest BCUT2D eigenvalue weighted by Crippen LogP contribution is 2.60. The van der Waals surface area contributed by atoms with Gasteiger partial charge >= 0.3 is 40.0 Å². The van der Waals surface area contributed by atoms with Gasteiger partial charge in [0.05, 0.1) is 13.2 Å². The Morgan fingerprint density at radius 1 is 0.750 bits per heavy atom. The van der Waals surface area contributed by atoms with Crippen LogP contribution in [0.25, 0.3) is 0 Å². The minimum Gasteiger partial charge on any atom is -0.465 e. The summed E-state index contributed by atoms with van der Waals surface area (Å²) >= 11 is 0. The highest BCUT2D eigenvalue weighted by Gasteiger charge is 2.35. The third kappa shape index (κ3) is 26.1. The smallest absolute Gasteiger partial charge is 0.465 e. The zero-order valence-corrected chi connectivity index (χ0v) is 38.1. The number of phosphoric ester groups is 2. The zero-order chi connectivity index (χ0) is 47.4. The molecule has 0 aliphatic heterocycles. The number of hydrogen-bond donors (Lipinski definition) is 10. The summed E-state index contributed by atoms with van der Waals surface area (Å²) < 4.78 is 48.5. The van der Waals surface area contributed by atoms with E-state index in [0.717, 1.165) is 19.3 Å². The average molecular weight is 950 g/mol. The fourth-order valence-corrected chi connectivity index (χ4v) is 8.12. The number of anilines is 1. The van der Waals surface area contributed by atoms with Gasteiger partial charge in [0.15, 0.2) is 0 Å². The first kappa shape index (κ1) is 55.4. The Bertz CT molecular complexity index is 1750. The number of carbonyl (C=O) groups is 6. The van der Waals surface area contributed by atoms with E-state index in [1.807, 2.05) is 0 Å². The largest absolute Gasteiger partial charge is 0.481 e. The first-order chi connectivity index (χ1) is 30.4. The second kappa shape index (κ2) is 30.4. The van der Waals surface area contributed by atoms with Crippen molar-refractivity contribution in [3.63, 3.8) is 0 Å². The monoisotopic (exact) mass is 949 g/mol. The minimum absolute atomic E-state index is 0.0995. The van der Waals surface area contributed by atoms with Gasteiger partial charge in [-0.3, -0.25) is 18.6 Å². The first-order valence-corrected chi connectivity index (χ1v) is 24.2. The number of rotatable bonds is 29. The van der Waals surface area contributed by atoms with Gasteiger partial charge in [0, 0.05) is 25.3 Å². The van der Waals surface area contributed by atoms with Crippen molar-refractivity contribution in [1.29, 1.82) is 0 Å². The van der Waals surface area contributed by atoms with Crippen LogP contribution in [0.4, 0.5) is 24.9 Å². The molecule has 1 aromatic carbocycles. The molecule has 0 saturated carbocycles. The van der Waals surface area contributed by atoms with E-state index in [4.69, 9.17) is 24.8 Å². The molecular weight excluding hydrogens is 884 g/mol. The summed E-state index contributed by atoms with van der Waals surface area (Å²) in [5.41, 5.74) is 6.14. The molecular formula is C39H65N7O16P2. The molecule has 1 aliphatic carbocycles. The quantitative estimate of drug-likeness (QED) is 0.0277. The van der Waals surface area contributed by atoms with E-state index in [0.29, 0.717) is 56.2 Å². The normalized spacial score (nSPS) is 17.1. The van der Waals surface area contributed by atoms with Crippen molar-refractivity contribution in [3.05, 3.63) is 42.0 Å². The van der Waals surface area contributed by atoms with Crippen molar-refractivity contribution >= 4 is 57.5 Å². The number of carbonyl (C=O) groups excluding carboxylic acids is 5. The lowest BCUT2D eigenvalue weighted by Crippen LogP contribution is -2.55. The maximum Gasteiger partial charge on any atom is 0.481 e. The number of hydrogen-bond acceptors (Lipinski definition) is 13. The van der Waals surface area contributed by atoms with Crippen LogP contribution in [0, 0.1) is 5.92 Å². The SMILES string of the molecule is CC(C)C(NC(=O)OC1CC/C=C/CCC1)C(=O)NC(CCCNC(N)=O)C(=O)Nc1ccc(COC(=O)NCCCCCOP(=O)(O)OP(=O)(O)OCCCCCNC(=O)O)cc1. The van der Waals surface area contributed by atoms with E-state index in [2.05, 4.69) is 52.9 Å². The van der Waals surface area contributed by atoms with Gasteiger partial charge < -0.3 is 62.0 Å². The molecule has 1 aliphatic rings. The summed E-state index contributed by atoms with van der Waals surface area (Å²) in [6, 6.07) is 3.63. The van der Waals surface area contributed by atoms with E-state index in [1.165, 1.54) is 0 Å². The molecule has 25 heteroatoms. The average Bonchev–Trinajstić information content (AvgIpc) is 3.20. The fourth-order valence-electron chi connectivity index (χ4n) is 5.98. The predicted octanol–water partition coefficient (Wildman–Crippen LogP) is 5.28. The minimum atomic E-state index is -4.92. The van der Waals surface area contributed by atoms with Crippen LogP contribution in [-0.2, 0) is 48.2 Å². The van der Waals surface area contributed by atoms with Crippen LogP contribution in [0.3, 0.4) is 0 Å². The van der Waals surface area contributed by atoms with Crippen LogP contribution in [0.1, 0.15) is 103 Å². The summed E-state index contributed by atoms with van der Waals surface area (Å²) in [5.74, 6) is -1.49. The first-order valence-electron chi connectivity index (χ1n) is 21.2. The van der Waals surface area contributed by atoms with E-state index in [1.54, 1.807) is 38.1 Å². The summed E-state index contributed by atoms with van der Waals surface area (Å²) in [4.78, 5) is 93.0. The van der Waals surface area contributed by atoms with Crippen LogP contribution in [0.5, 0.6) is 0 Å². The highest BCUT2D eigenvalue weighted by molar-refractivity contribution is 7.61. The number of nitrogens with one attached hydrogen (secondary N) is 6. The molecule has 0 spiro atoms. The maximum atomic E-state index is 13.5. The predicted molar refractivity (Wildman–Crippen MR) is 233 cm³/mol. The van der Waals surface area contributed by atoms with Crippen molar-refractivity contribution in [2.24, 2.45) is 11.7 Å². The molecule has 0 fully saturated rings. The molecule has 0 radical (unpaired) electrons. The van der Waals surface area contributed by atoms with E-state index < -0.39 is 63.9 Å². The Morgan fingerprint density at radius 2 is 1.36 bits per heavy atom. The molecule has 5 atom stereocenters. The molecule has 64 heavy (non-hydrogen) atoms. The molecule has 1 aromatic rings. The van der Waals surface area contributed by atoms with Gasteiger partial charge in [0.2, 0.25) is 11.8 Å². The van der Waals surface area contributed by atoms with Gasteiger partial charge in [-0.25, -0.2) is 28.3 Å². The topological polar surface area (TPSA) is 342 Å². The standard InChI is InChI=1S/C39H65N7O16P2/c1-28(2)33(46-39(53)61-31-15-8-4-3-5-9-16-31)35(48)45-32(17-14-24-41-36(40)49)34(47)44-30-20-18-29(19-21-30)27-58-38(52)43-23-11-7-13-26-60-64(56,57)62-63(54,55)59-25-12-6-10-22-42-37(50)51/h3-4,18-21,28,31-33,42H,5-17,22-27H2,1-2H3,(H,43,52)(H,44,47)(H,45,48)(H,46,53)(H,50,51)(H,54,55)(H,56,57)(H3,40,41,49)/b4-3+. The second-order valence-corrected chi connectivity index (χ2v) is 18.1. The molecule has 11 N–H and O–H groups in total. The second-order valence-electron chi connectivity index (χ2n) is 15.1. The summed E-state index contributed by atoms with van der Waals surface area (Å²) in [6.07, 6.45) is 8.00. The molecule has 5 unspecified atom stereocenters. The number of unbranched alkanes of at least 4 members (excludes halogenated alkanes) is 4. The van der Waals surface area contributed by atoms with Crippen LogP contribution < -0.4 is 37.6 Å². The third-order valence-electron chi connectivity index (χ3n) is 9.31. The van der Waals surface area contributed by atoms with Crippen LogP contribution >= 0.6 is 15.6 Å². The van der Waals surface area contributed by atoms with Crippen molar-refractivity contribution in [2.45, 2.75) is 122 Å². The maximum absolute atomic E-state index is 13.5. The van der Waals surface area contributed by atoms with Crippen LogP contribution in [0.15, 0.2) is 36.4 Å². The molecule has 0 bridgehead atoms. The van der Waals surface area contributed by atoms with Gasteiger partial charge in [0.1, 0.15) is 24.8 Å². The molecule has 2 rings (SSSR count). The number of urea groups is 1. The van der Waals surface area contributed by atoms with Gasteiger partial charge in [-0.15, -0.1) is 0 Å². The zero-order valence-electron chi connectivity index (χ0n) is 36.3. The number of carboxylic acid groups (broad SMARTS) is 1. The van der Waals surface area contributed by atoms with Gasteiger partial charge in [-0.1, -0.05) is 38.1 Å². The molecule has 23 nitrogen and oxygen atoms in total. The lowest BCUT2D eigenvalue weighted by molar-refractivity contribution is -0.128. The highest BCUT2D eigenvalue weighted by atomic mass is 31.3. The molecule has 0 saturated heterocycles. The molecule has 0 aromatic heterocycles. The van der Waals surface area contributed by atoms with E-state index >= 15 is 0 Å². The lowest BCUT2D eigenvalue weighted by Gasteiger charge is -2.26. The number of amides is 7. The fraction of sp³-hybridized carbons (Fsp3) is 0.641. The Labute approximate surface area is 372 Å². The van der Waals surface area contributed by atoms with Crippen LogP contribution in [0.2, 0.25) is 0 Å². The number of phosphoric acid groups is 2. The lowest BCUT2D eigenvalue weighted by atomic mass is 10.0. The Morgan fingerprint density at radius 3 is 1.97 bits per heavy atom. The van der Waals surface area contributed by atoms with Gasteiger partial charge in [-0.2, -0.15) is 4.31 Å². The molecule has 362 valence electrons. The van der Waals surface area contributed by atoms with Crippen molar-refractivity contribution in [1.82, 2.24) is 26.6 Å². The van der Waals surface area contributed by atoms with E-state index in [9.17, 15) is 47.7 Å². The van der Waals surface area contributed by atoms with E-state index in [-0.39, 0.29) is 70.7 Å². The summed E-state index contributed by atoms with van der Waals surface area (Å²) in [5, 5.41) is 23.8. The number of primary amides is 1. The Hall–Kier alpha value is -4.76. The summed E-state index contributed by atoms with van der Waals surface area (Å²) in [7, 11) is -9.81. The summed E-state index contributed by atoms with van der Waals surface area (Å²) in [6.45, 7) is 3.40. The molecule has 7 amide bonds. The van der Waals surface area contributed by atoms with Crippen molar-refractivity contribution in [3.8, 4) is 0 Å². The Kier molecular flexibility index (Phi) is 26.3. The number of ether oxygens (including phenoxy) is 2. The Balaban J connectivity index is 1.76. The third-order valence-corrected chi connectivity index (χ3v) is 12.0. The van der Waals surface area contributed by atoms with Crippen LogP contribution in [-0.4, -0.2) is 102 Å². The number of allylic oxidation sites excluding steroid dienone is 2. The number of nitrogens with two attached hydrogens (primary N) is 1. The van der Waals surface area contributed by atoms with Gasteiger partial charge in [0.25, 0.3) is 0 Å². The number of alkyl carbamates (subject to hydrolysis) is 2. The number of benzene rings is 1. The van der Waals surface area contributed by atoms with Crippen molar-refractivity contribution < 1.29 is 75.6 Å². The van der Waals surface area contributed by atoms with Gasteiger partial charge in [-0.05, 0) is 107 Å². The van der Waals surface area contributed by atoms with Crippen molar-refractivity contribution in [2.75, 3.05) is 38.2 Å². The molecule has 0 heterocycles.